The molecule has 4 heterocycles. The maximum atomic E-state index is 13.1. The average Bonchev–Trinajstić information content (AvgIpc) is 3.31. The van der Waals surface area contributed by atoms with Crippen LogP contribution in [0.3, 0.4) is 0 Å². The highest BCUT2D eigenvalue weighted by atomic mass is 79.9. The molecule has 0 bridgehead atoms. The number of nitrogens with zero attached hydrogens (tertiary/aromatic N) is 6. The lowest BCUT2D eigenvalue weighted by atomic mass is 10.1. The number of rotatable bonds is 2. The first-order valence-electron chi connectivity index (χ1n) is 9.02. The number of aromatic nitrogens is 5. The maximum absolute atomic E-state index is 13.1. The molecule has 0 saturated carbocycles. The van der Waals surface area contributed by atoms with Crippen molar-refractivity contribution in [1.82, 2.24) is 29.0 Å². The third-order valence-electron chi connectivity index (χ3n) is 5.07. The summed E-state index contributed by atoms with van der Waals surface area (Å²) in [5, 5.41) is 8.20. The number of hydrogen-bond acceptors (Lipinski definition) is 4. The third kappa shape index (κ3) is 2.80. The van der Waals surface area contributed by atoms with Gasteiger partial charge < -0.3 is 9.47 Å². The predicted molar refractivity (Wildman–Crippen MR) is 107 cm³/mol. The van der Waals surface area contributed by atoms with E-state index >= 15 is 0 Å². The Labute approximate surface area is 169 Å². The van der Waals surface area contributed by atoms with E-state index in [0.29, 0.717) is 24.6 Å². The van der Waals surface area contributed by atoms with E-state index in [4.69, 9.17) is 0 Å². The molecule has 0 radical (unpaired) electrons. The molecule has 5 rings (SSSR count). The minimum absolute atomic E-state index is 0.138. The van der Waals surface area contributed by atoms with Crippen LogP contribution >= 0.6 is 15.9 Å². The summed E-state index contributed by atoms with van der Waals surface area (Å²) in [5.74, 6) is 0.179. The van der Waals surface area contributed by atoms with Crippen LogP contribution in [-0.2, 0) is 13.0 Å². The number of pyridine rings is 1. The van der Waals surface area contributed by atoms with Crippen LogP contribution in [0.1, 0.15) is 27.6 Å². The Morgan fingerprint density at radius 2 is 1.93 bits per heavy atom. The average molecular weight is 437 g/mol. The molecule has 0 fully saturated rings. The largest absolute Gasteiger partial charge is 0.330 e. The lowest BCUT2D eigenvalue weighted by Gasteiger charge is -2.26. The first kappa shape index (κ1) is 17.1. The first-order chi connectivity index (χ1) is 13.6. The van der Waals surface area contributed by atoms with Crippen molar-refractivity contribution in [1.29, 1.82) is 0 Å². The second kappa shape index (κ2) is 6.56. The Hall–Kier alpha value is -3.00. The van der Waals surface area contributed by atoms with Crippen LogP contribution < -0.4 is 0 Å². The van der Waals surface area contributed by atoms with Gasteiger partial charge in [-0.05, 0) is 47.1 Å². The first-order valence-corrected chi connectivity index (χ1v) is 9.81. The fourth-order valence-electron chi connectivity index (χ4n) is 3.56. The van der Waals surface area contributed by atoms with Gasteiger partial charge in [-0.3, -0.25) is 9.20 Å². The Bertz CT molecular complexity index is 1190. The Balaban J connectivity index is 1.44. The molecule has 0 unspecified atom stereocenters. The van der Waals surface area contributed by atoms with Gasteiger partial charge in [-0.15, -0.1) is 10.2 Å². The molecule has 0 spiro atoms. The fourth-order valence-corrected chi connectivity index (χ4v) is 3.90. The highest BCUT2D eigenvalue weighted by Gasteiger charge is 2.28. The third-order valence-corrected chi connectivity index (χ3v) is 5.54. The molecular weight excluding hydrogens is 420 g/mol. The molecular formula is C20H17BrN6O. The summed E-state index contributed by atoms with van der Waals surface area (Å²) in [6, 6.07) is 12.1. The van der Waals surface area contributed by atoms with E-state index in [0.717, 1.165) is 28.0 Å². The van der Waals surface area contributed by atoms with E-state index in [-0.39, 0.29) is 5.91 Å². The van der Waals surface area contributed by atoms with Gasteiger partial charge in [0.1, 0.15) is 0 Å². The van der Waals surface area contributed by atoms with Crippen molar-refractivity contribution in [3.63, 3.8) is 0 Å². The van der Waals surface area contributed by atoms with Crippen molar-refractivity contribution in [3.05, 3.63) is 76.2 Å². The maximum Gasteiger partial charge on any atom is 0.292 e. The molecule has 0 N–H and O–H groups in total. The van der Waals surface area contributed by atoms with E-state index in [1.54, 1.807) is 9.30 Å². The summed E-state index contributed by atoms with van der Waals surface area (Å²) < 4.78 is 4.69. The lowest BCUT2D eigenvalue weighted by molar-refractivity contribution is 0.0717. The molecule has 0 atom stereocenters. The van der Waals surface area contributed by atoms with Crippen LogP contribution in [-0.4, -0.2) is 41.5 Å². The van der Waals surface area contributed by atoms with Gasteiger partial charge in [0.2, 0.25) is 5.82 Å². The molecule has 1 amide bonds. The molecule has 1 aliphatic heterocycles. The van der Waals surface area contributed by atoms with Crippen molar-refractivity contribution in [2.24, 2.45) is 0 Å². The molecule has 3 aromatic heterocycles. The molecule has 4 aromatic rings. The van der Waals surface area contributed by atoms with Crippen LogP contribution in [0.25, 0.3) is 11.3 Å². The van der Waals surface area contributed by atoms with Crippen molar-refractivity contribution in [2.75, 3.05) is 6.54 Å². The van der Waals surface area contributed by atoms with Gasteiger partial charge in [-0.25, -0.2) is 4.98 Å². The standard InChI is InChI=1S/C20H17BrN6O/c1-13-2-5-15(6-3-13)27-12-22-16-11-25(9-8-17(16)27)20(28)19-24-23-18-7-4-14(21)10-26(18)19/h2-7,10,12H,8-9,11H2,1H3. The summed E-state index contributed by atoms with van der Waals surface area (Å²) in [7, 11) is 0. The number of carbonyl (C=O) groups is 1. The van der Waals surface area contributed by atoms with Crippen molar-refractivity contribution in [3.8, 4) is 5.69 Å². The van der Waals surface area contributed by atoms with Crippen LogP contribution in [0.2, 0.25) is 0 Å². The summed E-state index contributed by atoms with van der Waals surface area (Å²) >= 11 is 3.43. The summed E-state index contributed by atoms with van der Waals surface area (Å²) in [6.07, 6.45) is 4.40. The fraction of sp³-hybridized carbons (Fsp3) is 0.200. The Morgan fingerprint density at radius 3 is 2.75 bits per heavy atom. The van der Waals surface area contributed by atoms with E-state index in [9.17, 15) is 4.79 Å². The molecule has 0 aliphatic carbocycles. The number of amides is 1. The molecule has 0 saturated heterocycles. The molecule has 28 heavy (non-hydrogen) atoms. The minimum atomic E-state index is -0.138. The van der Waals surface area contributed by atoms with Gasteiger partial charge in [-0.1, -0.05) is 17.7 Å². The number of halogens is 1. The molecule has 140 valence electrons. The predicted octanol–water partition coefficient (Wildman–Crippen LogP) is 3.18. The molecule has 7 nitrogen and oxygen atoms in total. The number of carbonyl (C=O) groups excluding carboxylic acids is 1. The highest BCUT2D eigenvalue weighted by Crippen LogP contribution is 2.23. The second-order valence-electron chi connectivity index (χ2n) is 6.92. The number of fused-ring (bicyclic) bond motifs is 2. The van der Waals surface area contributed by atoms with Gasteiger partial charge >= 0.3 is 0 Å². The van der Waals surface area contributed by atoms with Gasteiger partial charge in [-0.2, -0.15) is 0 Å². The van der Waals surface area contributed by atoms with Crippen molar-refractivity contribution < 1.29 is 4.79 Å². The van der Waals surface area contributed by atoms with Crippen LogP contribution in [0.5, 0.6) is 0 Å². The highest BCUT2D eigenvalue weighted by molar-refractivity contribution is 9.10. The topological polar surface area (TPSA) is 68.3 Å². The van der Waals surface area contributed by atoms with Gasteiger partial charge in [0.25, 0.3) is 5.91 Å². The van der Waals surface area contributed by atoms with Crippen LogP contribution in [0.15, 0.2) is 53.4 Å². The number of imidazole rings is 1. The quantitative estimate of drug-likeness (QED) is 0.483. The van der Waals surface area contributed by atoms with Gasteiger partial charge in [0, 0.05) is 35.0 Å². The zero-order valence-electron chi connectivity index (χ0n) is 15.2. The van der Waals surface area contributed by atoms with Crippen LogP contribution in [0, 0.1) is 6.92 Å². The smallest absolute Gasteiger partial charge is 0.292 e. The van der Waals surface area contributed by atoms with E-state index in [1.165, 1.54) is 5.56 Å². The number of benzene rings is 1. The van der Waals surface area contributed by atoms with Crippen molar-refractivity contribution in [2.45, 2.75) is 19.9 Å². The second-order valence-corrected chi connectivity index (χ2v) is 7.84. The van der Waals surface area contributed by atoms with Crippen LogP contribution in [0.4, 0.5) is 0 Å². The lowest BCUT2D eigenvalue weighted by Crippen LogP contribution is -2.37. The van der Waals surface area contributed by atoms with E-state index in [1.807, 2.05) is 24.7 Å². The molecule has 1 aliphatic rings. The van der Waals surface area contributed by atoms with E-state index < -0.39 is 0 Å². The van der Waals surface area contributed by atoms with Gasteiger partial charge in [0.05, 0.1) is 18.6 Å². The summed E-state index contributed by atoms with van der Waals surface area (Å²) in [4.78, 5) is 19.4. The zero-order valence-corrected chi connectivity index (χ0v) is 16.8. The van der Waals surface area contributed by atoms with E-state index in [2.05, 4.69) is 66.9 Å². The Kier molecular flexibility index (Phi) is 4.01. The number of aryl methyl sites for hydroxylation is 1. The summed E-state index contributed by atoms with van der Waals surface area (Å²) in [5.41, 5.74) is 5.04. The SMILES string of the molecule is Cc1ccc(-n2cnc3c2CCN(C(=O)c2nnc4ccc(Br)cn24)C3)cc1. The molecule has 1 aromatic carbocycles. The molecule has 8 heteroatoms. The minimum Gasteiger partial charge on any atom is -0.330 e. The zero-order chi connectivity index (χ0) is 19.3. The monoisotopic (exact) mass is 436 g/mol. The van der Waals surface area contributed by atoms with Crippen molar-refractivity contribution >= 4 is 27.5 Å². The summed E-state index contributed by atoms with van der Waals surface area (Å²) in [6.45, 7) is 3.16. The van der Waals surface area contributed by atoms with Gasteiger partial charge in [0.15, 0.2) is 5.65 Å². The number of hydrogen-bond donors (Lipinski definition) is 0. The Morgan fingerprint density at radius 1 is 1.11 bits per heavy atom. The normalized spacial score (nSPS) is 13.7.